The van der Waals surface area contributed by atoms with Crippen LogP contribution in [0.25, 0.3) is 0 Å². The summed E-state index contributed by atoms with van der Waals surface area (Å²) < 4.78 is 0. The first-order chi connectivity index (χ1) is 6.00. The van der Waals surface area contributed by atoms with E-state index in [1.165, 1.54) is 5.57 Å². The van der Waals surface area contributed by atoms with Gasteiger partial charge in [-0.1, -0.05) is 38.5 Å². The van der Waals surface area contributed by atoms with E-state index >= 15 is 0 Å². The Morgan fingerprint density at radius 2 is 2.08 bits per heavy atom. The smallest absolute Gasteiger partial charge is 0.0000105 e. The summed E-state index contributed by atoms with van der Waals surface area (Å²) in [5.74, 6) is 3.17. The minimum Gasteiger partial charge on any atom is -0.102 e. The van der Waals surface area contributed by atoms with E-state index in [0.717, 1.165) is 17.8 Å². The van der Waals surface area contributed by atoms with Gasteiger partial charge in [0, 0.05) is 5.92 Å². The van der Waals surface area contributed by atoms with Crippen molar-refractivity contribution in [1.82, 2.24) is 0 Å². The van der Waals surface area contributed by atoms with E-state index in [-0.39, 0.29) is 0 Å². The van der Waals surface area contributed by atoms with E-state index in [0.29, 0.717) is 11.3 Å². The molecule has 4 unspecified atom stereocenters. The quantitative estimate of drug-likeness (QED) is 0.535. The SMILES string of the molecule is C=CC1C(C)=CC2C(C1C)C2(C)C. The zero-order chi connectivity index (χ0) is 9.80. The first-order valence-corrected chi connectivity index (χ1v) is 5.31. The van der Waals surface area contributed by atoms with Crippen LogP contribution in [0.4, 0.5) is 0 Å². The standard InChI is InChI=1S/C13H20/c1-6-10-8(2)7-11-12(9(10)3)13(11,4)5/h6-7,9-12H,1H2,2-5H3. The van der Waals surface area contributed by atoms with E-state index in [2.05, 4.69) is 46.4 Å². The van der Waals surface area contributed by atoms with Gasteiger partial charge in [0.05, 0.1) is 0 Å². The summed E-state index contributed by atoms with van der Waals surface area (Å²) in [7, 11) is 0. The van der Waals surface area contributed by atoms with Gasteiger partial charge in [0.25, 0.3) is 0 Å². The van der Waals surface area contributed by atoms with E-state index < -0.39 is 0 Å². The van der Waals surface area contributed by atoms with Crippen LogP contribution in [0.15, 0.2) is 24.3 Å². The molecule has 2 aliphatic rings. The van der Waals surface area contributed by atoms with E-state index in [1.54, 1.807) is 0 Å². The fourth-order valence-electron chi connectivity index (χ4n) is 3.47. The fraction of sp³-hybridized carbons (Fsp3) is 0.692. The Balaban J connectivity index is 2.31. The zero-order valence-electron chi connectivity index (χ0n) is 9.17. The van der Waals surface area contributed by atoms with Gasteiger partial charge >= 0.3 is 0 Å². The lowest BCUT2D eigenvalue weighted by Gasteiger charge is -2.25. The Kier molecular flexibility index (Phi) is 1.74. The topological polar surface area (TPSA) is 0 Å². The van der Waals surface area contributed by atoms with Crippen molar-refractivity contribution in [2.24, 2.45) is 29.1 Å². The molecule has 0 radical (unpaired) electrons. The minimum atomic E-state index is 0.554. The summed E-state index contributed by atoms with van der Waals surface area (Å²) in [6.45, 7) is 13.4. The molecule has 2 rings (SSSR count). The maximum atomic E-state index is 3.95. The highest BCUT2D eigenvalue weighted by molar-refractivity contribution is 5.28. The van der Waals surface area contributed by atoms with Gasteiger partial charge < -0.3 is 0 Å². The van der Waals surface area contributed by atoms with Gasteiger partial charge in [0.2, 0.25) is 0 Å². The maximum absolute atomic E-state index is 3.95. The monoisotopic (exact) mass is 176 g/mol. The number of allylic oxidation sites excluding steroid dienone is 3. The molecule has 0 heterocycles. The molecule has 0 amide bonds. The molecule has 0 aliphatic heterocycles. The van der Waals surface area contributed by atoms with E-state index in [4.69, 9.17) is 0 Å². The predicted molar refractivity (Wildman–Crippen MR) is 57.4 cm³/mol. The molecule has 0 saturated heterocycles. The number of hydrogen-bond donors (Lipinski definition) is 0. The molecule has 0 nitrogen and oxygen atoms in total. The second-order valence-electron chi connectivity index (χ2n) is 5.40. The van der Waals surface area contributed by atoms with Gasteiger partial charge in [-0.25, -0.2) is 0 Å². The average Bonchev–Trinajstić information content (AvgIpc) is 2.54. The Morgan fingerprint density at radius 3 is 2.62 bits per heavy atom. The molecule has 0 aromatic heterocycles. The van der Waals surface area contributed by atoms with Crippen molar-refractivity contribution < 1.29 is 0 Å². The lowest BCUT2D eigenvalue weighted by Crippen LogP contribution is -2.17. The Morgan fingerprint density at radius 1 is 1.46 bits per heavy atom. The highest BCUT2D eigenvalue weighted by Crippen LogP contribution is 2.66. The summed E-state index contributed by atoms with van der Waals surface area (Å²) in [6, 6.07) is 0. The molecule has 1 saturated carbocycles. The molecule has 0 spiro atoms. The van der Waals surface area contributed by atoms with Crippen LogP contribution in [0.2, 0.25) is 0 Å². The Hall–Kier alpha value is -0.520. The van der Waals surface area contributed by atoms with E-state index in [9.17, 15) is 0 Å². The average molecular weight is 176 g/mol. The van der Waals surface area contributed by atoms with Crippen molar-refractivity contribution in [3.63, 3.8) is 0 Å². The van der Waals surface area contributed by atoms with Gasteiger partial charge in [0.1, 0.15) is 0 Å². The third kappa shape index (κ3) is 1.04. The van der Waals surface area contributed by atoms with Gasteiger partial charge in [0.15, 0.2) is 0 Å². The molecule has 13 heavy (non-hydrogen) atoms. The molecular weight excluding hydrogens is 156 g/mol. The second-order valence-corrected chi connectivity index (χ2v) is 5.40. The van der Waals surface area contributed by atoms with E-state index in [1.807, 2.05) is 0 Å². The summed E-state index contributed by atoms with van der Waals surface area (Å²) in [5.41, 5.74) is 2.09. The minimum absolute atomic E-state index is 0.554. The summed E-state index contributed by atoms with van der Waals surface area (Å²) in [5, 5.41) is 0. The van der Waals surface area contributed by atoms with Crippen molar-refractivity contribution in [3.8, 4) is 0 Å². The van der Waals surface area contributed by atoms with Crippen LogP contribution in [-0.4, -0.2) is 0 Å². The summed E-state index contributed by atoms with van der Waals surface area (Å²) >= 11 is 0. The summed E-state index contributed by atoms with van der Waals surface area (Å²) in [6.07, 6.45) is 4.61. The molecule has 0 aromatic carbocycles. The van der Waals surface area contributed by atoms with Crippen molar-refractivity contribution in [2.45, 2.75) is 27.7 Å². The first kappa shape index (κ1) is 9.05. The van der Waals surface area contributed by atoms with Crippen molar-refractivity contribution in [3.05, 3.63) is 24.3 Å². The summed E-state index contributed by atoms with van der Waals surface area (Å²) in [4.78, 5) is 0. The normalized spacial score (nSPS) is 46.3. The first-order valence-electron chi connectivity index (χ1n) is 5.31. The lowest BCUT2D eigenvalue weighted by atomic mass is 9.79. The highest BCUT2D eigenvalue weighted by Gasteiger charge is 2.61. The largest absolute Gasteiger partial charge is 0.102 e. The molecule has 4 atom stereocenters. The third-order valence-electron chi connectivity index (χ3n) is 4.35. The maximum Gasteiger partial charge on any atom is 0.0000105 e. The van der Waals surface area contributed by atoms with Crippen LogP contribution >= 0.6 is 0 Å². The van der Waals surface area contributed by atoms with Crippen LogP contribution in [-0.2, 0) is 0 Å². The van der Waals surface area contributed by atoms with Crippen LogP contribution in [0.3, 0.4) is 0 Å². The van der Waals surface area contributed by atoms with Crippen molar-refractivity contribution in [1.29, 1.82) is 0 Å². The van der Waals surface area contributed by atoms with Crippen LogP contribution in [0.5, 0.6) is 0 Å². The zero-order valence-corrected chi connectivity index (χ0v) is 9.17. The van der Waals surface area contributed by atoms with Crippen molar-refractivity contribution >= 4 is 0 Å². The Bertz CT molecular complexity index is 270. The molecule has 2 aliphatic carbocycles. The molecule has 0 N–H and O–H groups in total. The third-order valence-corrected chi connectivity index (χ3v) is 4.35. The lowest BCUT2D eigenvalue weighted by molar-refractivity contribution is 0.359. The van der Waals surface area contributed by atoms with Crippen molar-refractivity contribution in [2.75, 3.05) is 0 Å². The van der Waals surface area contributed by atoms with Gasteiger partial charge in [-0.15, -0.1) is 6.58 Å². The highest BCUT2D eigenvalue weighted by atomic mass is 14.6. The fourth-order valence-corrected chi connectivity index (χ4v) is 3.47. The number of rotatable bonds is 1. The molecule has 0 heteroatoms. The Labute approximate surface area is 81.7 Å². The van der Waals surface area contributed by atoms with Crippen LogP contribution < -0.4 is 0 Å². The molecule has 0 aromatic rings. The van der Waals surface area contributed by atoms with Crippen LogP contribution in [0, 0.1) is 29.1 Å². The van der Waals surface area contributed by atoms with Crippen LogP contribution in [0.1, 0.15) is 27.7 Å². The molecule has 0 bridgehead atoms. The molecule has 72 valence electrons. The molecule has 1 fully saturated rings. The van der Waals surface area contributed by atoms with Gasteiger partial charge in [-0.05, 0) is 30.1 Å². The predicted octanol–water partition coefficient (Wildman–Crippen LogP) is 3.66. The van der Waals surface area contributed by atoms with Gasteiger partial charge in [-0.2, -0.15) is 0 Å². The number of hydrogen-bond acceptors (Lipinski definition) is 0. The molecular formula is C13H20. The second kappa shape index (κ2) is 2.50. The number of fused-ring (bicyclic) bond motifs is 1. The van der Waals surface area contributed by atoms with Gasteiger partial charge in [-0.3, -0.25) is 0 Å².